The van der Waals surface area contributed by atoms with Gasteiger partial charge in [0.1, 0.15) is 0 Å². The van der Waals surface area contributed by atoms with E-state index in [0.29, 0.717) is 16.5 Å². The third-order valence-electron chi connectivity index (χ3n) is 2.77. The summed E-state index contributed by atoms with van der Waals surface area (Å²) in [6.45, 7) is 0.859. The van der Waals surface area contributed by atoms with E-state index in [9.17, 15) is 8.42 Å². The predicted octanol–water partition coefficient (Wildman–Crippen LogP) is 0.172. The summed E-state index contributed by atoms with van der Waals surface area (Å²) >= 11 is 4.78. The Balaban J connectivity index is 2.29. The molecule has 1 fully saturated rings. The van der Waals surface area contributed by atoms with E-state index in [2.05, 4.69) is 4.90 Å². The molecule has 0 aromatic rings. The number of sulfone groups is 1. The molecular weight excluding hydrogens is 232 g/mol. The van der Waals surface area contributed by atoms with Gasteiger partial charge in [-0.25, -0.2) is 8.42 Å². The van der Waals surface area contributed by atoms with Crippen molar-refractivity contribution < 1.29 is 8.42 Å². The number of thiocarbonyl (C=S) groups is 1. The Kier molecular flexibility index (Phi) is 4.48. The summed E-state index contributed by atoms with van der Waals surface area (Å²) in [4.78, 5) is 2.63. The summed E-state index contributed by atoms with van der Waals surface area (Å²) in [6.07, 6.45) is 2.40. The largest absolute Gasteiger partial charge is 0.393 e. The summed E-state index contributed by atoms with van der Waals surface area (Å²) < 4.78 is 22.5. The van der Waals surface area contributed by atoms with Gasteiger partial charge in [-0.05, 0) is 32.9 Å². The van der Waals surface area contributed by atoms with E-state index in [-0.39, 0.29) is 6.04 Å². The van der Waals surface area contributed by atoms with E-state index >= 15 is 0 Å². The third kappa shape index (κ3) is 4.44. The molecule has 0 bridgehead atoms. The molecular formula is C9H18N2O2S2. The normalized spacial score (nSPS) is 24.5. The maximum Gasteiger partial charge on any atom is 0.151 e. The lowest BCUT2D eigenvalue weighted by Gasteiger charge is -2.22. The van der Waals surface area contributed by atoms with Crippen LogP contribution in [-0.2, 0) is 9.84 Å². The highest BCUT2D eigenvalue weighted by atomic mass is 32.2. The second-order valence-electron chi connectivity index (χ2n) is 4.11. The molecule has 0 radical (unpaired) electrons. The zero-order valence-corrected chi connectivity index (χ0v) is 10.6. The molecule has 6 heteroatoms. The van der Waals surface area contributed by atoms with Crippen LogP contribution in [-0.4, -0.2) is 49.4 Å². The molecule has 2 N–H and O–H groups in total. The van der Waals surface area contributed by atoms with Crippen LogP contribution in [0.2, 0.25) is 0 Å². The van der Waals surface area contributed by atoms with Gasteiger partial charge in [-0.15, -0.1) is 0 Å². The van der Waals surface area contributed by atoms with Gasteiger partial charge in [0.2, 0.25) is 0 Å². The van der Waals surface area contributed by atoms with E-state index in [1.54, 1.807) is 0 Å². The minimum absolute atomic E-state index is 0.182. The van der Waals surface area contributed by atoms with E-state index in [0.717, 1.165) is 25.8 Å². The SMILES string of the molecule is CN(CCCC(N)=S)C1CCS(=O)(=O)C1. The van der Waals surface area contributed by atoms with E-state index in [1.807, 2.05) is 7.05 Å². The zero-order chi connectivity index (χ0) is 11.5. The number of hydrogen-bond donors (Lipinski definition) is 1. The number of nitrogens with two attached hydrogens (primary N) is 1. The van der Waals surface area contributed by atoms with Crippen LogP contribution in [0.3, 0.4) is 0 Å². The highest BCUT2D eigenvalue weighted by Crippen LogP contribution is 2.16. The fourth-order valence-electron chi connectivity index (χ4n) is 1.81. The molecule has 1 unspecified atom stereocenters. The Morgan fingerprint density at radius 2 is 2.27 bits per heavy atom. The summed E-state index contributed by atoms with van der Waals surface area (Å²) in [5.41, 5.74) is 5.39. The van der Waals surface area contributed by atoms with Crippen LogP contribution in [0.5, 0.6) is 0 Å². The van der Waals surface area contributed by atoms with Gasteiger partial charge in [0.15, 0.2) is 9.84 Å². The summed E-state index contributed by atoms with van der Waals surface area (Å²) in [5, 5.41) is 0. The summed E-state index contributed by atoms with van der Waals surface area (Å²) in [5.74, 6) is 0.633. The number of hydrogen-bond acceptors (Lipinski definition) is 4. The second-order valence-corrected chi connectivity index (χ2v) is 6.86. The lowest BCUT2D eigenvalue weighted by molar-refractivity contribution is 0.260. The molecule has 0 spiro atoms. The minimum atomic E-state index is -2.77. The zero-order valence-electron chi connectivity index (χ0n) is 8.98. The average molecular weight is 250 g/mol. The standard InChI is InChI=1S/C9H18N2O2S2/c1-11(5-2-3-9(10)14)8-4-6-15(12,13)7-8/h8H,2-7H2,1H3,(H2,10,14). The lowest BCUT2D eigenvalue weighted by atomic mass is 10.2. The monoisotopic (exact) mass is 250 g/mol. The highest BCUT2D eigenvalue weighted by Gasteiger charge is 2.30. The van der Waals surface area contributed by atoms with Gasteiger partial charge in [-0.1, -0.05) is 12.2 Å². The van der Waals surface area contributed by atoms with Gasteiger partial charge >= 0.3 is 0 Å². The quantitative estimate of drug-likeness (QED) is 0.705. The van der Waals surface area contributed by atoms with Crippen molar-refractivity contribution in [1.29, 1.82) is 0 Å². The Hall–Kier alpha value is -0.200. The molecule has 0 amide bonds. The van der Waals surface area contributed by atoms with Crippen LogP contribution in [0.25, 0.3) is 0 Å². The molecule has 88 valence electrons. The molecule has 15 heavy (non-hydrogen) atoms. The van der Waals surface area contributed by atoms with Crippen molar-refractivity contribution in [2.24, 2.45) is 5.73 Å². The maximum atomic E-state index is 11.3. The van der Waals surface area contributed by atoms with Gasteiger partial charge in [0.25, 0.3) is 0 Å². The first-order chi connectivity index (χ1) is 6.91. The molecule has 4 nitrogen and oxygen atoms in total. The molecule has 0 aliphatic carbocycles. The maximum absolute atomic E-state index is 11.3. The lowest BCUT2D eigenvalue weighted by Crippen LogP contribution is -2.33. The van der Waals surface area contributed by atoms with Gasteiger partial charge in [-0.2, -0.15) is 0 Å². The van der Waals surface area contributed by atoms with Crippen molar-refractivity contribution in [3.05, 3.63) is 0 Å². The minimum Gasteiger partial charge on any atom is -0.393 e. The highest BCUT2D eigenvalue weighted by molar-refractivity contribution is 7.91. The Bertz CT molecular complexity index is 327. The Labute approximate surface area is 96.7 Å². The van der Waals surface area contributed by atoms with Gasteiger partial charge < -0.3 is 10.6 Å². The first-order valence-corrected chi connectivity index (χ1v) is 7.32. The number of rotatable bonds is 5. The molecule has 0 saturated carbocycles. The van der Waals surface area contributed by atoms with Crippen molar-refractivity contribution in [3.8, 4) is 0 Å². The first-order valence-electron chi connectivity index (χ1n) is 5.10. The van der Waals surface area contributed by atoms with Crippen LogP contribution in [0.15, 0.2) is 0 Å². The van der Waals surface area contributed by atoms with Crippen molar-refractivity contribution >= 4 is 27.0 Å². The summed E-state index contributed by atoms with van der Waals surface area (Å²) in [6, 6.07) is 0.182. The molecule has 1 rings (SSSR count). The van der Waals surface area contributed by atoms with Crippen molar-refractivity contribution in [2.75, 3.05) is 25.1 Å². The van der Waals surface area contributed by atoms with Crippen molar-refractivity contribution in [1.82, 2.24) is 4.90 Å². The van der Waals surface area contributed by atoms with E-state index < -0.39 is 9.84 Å². The summed E-state index contributed by atoms with van der Waals surface area (Å²) in [7, 11) is -0.811. The topological polar surface area (TPSA) is 63.4 Å². The Morgan fingerprint density at radius 3 is 2.73 bits per heavy atom. The average Bonchev–Trinajstić information content (AvgIpc) is 2.45. The van der Waals surface area contributed by atoms with E-state index in [1.165, 1.54) is 0 Å². The molecule has 1 aliphatic heterocycles. The fourth-order valence-corrected chi connectivity index (χ4v) is 3.76. The fraction of sp³-hybridized carbons (Fsp3) is 0.889. The van der Waals surface area contributed by atoms with Crippen molar-refractivity contribution in [3.63, 3.8) is 0 Å². The van der Waals surface area contributed by atoms with Gasteiger partial charge in [-0.3, -0.25) is 0 Å². The van der Waals surface area contributed by atoms with Crippen LogP contribution < -0.4 is 5.73 Å². The molecule has 0 aromatic carbocycles. The predicted molar refractivity (Wildman–Crippen MR) is 65.7 cm³/mol. The second kappa shape index (κ2) is 5.23. The van der Waals surface area contributed by atoms with Gasteiger partial charge in [0.05, 0.1) is 16.5 Å². The molecule has 1 atom stereocenters. The van der Waals surface area contributed by atoms with E-state index in [4.69, 9.17) is 18.0 Å². The Morgan fingerprint density at radius 1 is 1.60 bits per heavy atom. The molecule has 0 aromatic heterocycles. The molecule has 1 aliphatic rings. The van der Waals surface area contributed by atoms with Crippen LogP contribution in [0.1, 0.15) is 19.3 Å². The first kappa shape index (κ1) is 12.9. The smallest absolute Gasteiger partial charge is 0.151 e. The van der Waals surface area contributed by atoms with Gasteiger partial charge in [0, 0.05) is 6.04 Å². The molecule has 1 heterocycles. The van der Waals surface area contributed by atoms with Crippen molar-refractivity contribution in [2.45, 2.75) is 25.3 Å². The van der Waals surface area contributed by atoms with Crippen LogP contribution >= 0.6 is 12.2 Å². The number of nitrogens with zero attached hydrogens (tertiary/aromatic N) is 1. The third-order valence-corrected chi connectivity index (χ3v) is 4.72. The van der Waals surface area contributed by atoms with Crippen LogP contribution in [0.4, 0.5) is 0 Å². The van der Waals surface area contributed by atoms with Crippen LogP contribution in [0, 0.1) is 0 Å². The molecule has 1 saturated heterocycles.